The summed E-state index contributed by atoms with van der Waals surface area (Å²) in [5.74, 6) is -0.107. The summed E-state index contributed by atoms with van der Waals surface area (Å²) in [6.45, 7) is 10.4. The minimum Gasteiger partial charge on any atom is -0.363 e. The average Bonchev–Trinajstić information content (AvgIpc) is 2.41. The molecule has 1 aliphatic rings. The summed E-state index contributed by atoms with van der Waals surface area (Å²) in [5, 5.41) is 3.62. The molecule has 0 bridgehead atoms. The summed E-state index contributed by atoms with van der Waals surface area (Å²) < 4.78 is 14.2. The smallest absolute Gasteiger partial charge is 0.146 e. The highest BCUT2D eigenvalue weighted by atomic mass is 19.1. The fourth-order valence-electron chi connectivity index (χ4n) is 2.76. The van der Waals surface area contributed by atoms with Gasteiger partial charge in [-0.3, -0.25) is 0 Å². The third-order valence-electron chi connectivity index (χ3n) is 4.39. The molecule has 2 atom stereocenters. The molecule has 0 spiro atoms. The minimum atomic E-state index is -0.107. The van der Waals surface area contributed by atoms with E-state index in [0.29, 0.717) is 6.04 Å². The zero-order valence-electron chi connectivity index (χ0n) is 12.5. The van der Waals surface area contributed by atoms with Gasteiger partial charge in [0.1, 0.15) is 5.82 Å². The second-order valence-corrected chi connectivity index (χ2v) is 5.94. The summed E-state index contributed by atoms with van der Waals surface area (Å²) in [6.07, 6.45) is 2.08. The van der Waals surface area contributed by atoms with Crippen molar-refractivity contribution in [1.82, 2.24) is 5.32 Å². The van der Waals surface area contributed by atoms with Gasteiger partial charge in [-0.2, -0.15) is 0 Å². The first kappa shape index (κ1) is 14.3. The van der Waals surface area contributed by atoms with E-state index in [1.54, 1.807) is 6.07 Å². The Bertz CT molecular complexity index is 446. The molecule has 1 aliphatic heterocycles. The van der Waals surface area contributed by atoms with Crippen molar-refractivity contribution in [3.63, 3.8) is 0 Å². The minimum absolute atomic E-state index is 0.0713. The van der Waals surface area contributed by atoms with Gasteiger partial charge in [-0.1, -0.05) is 19.9 Å². The van der Waals surface area contributed by atoms with Crippen LogP contribution in [0.4, 0.5) is 10.1 Å². The second kappa shape index (κ2) is 5.49. The predicted molar refractivity (Wildman–Crippen MR) is 79.3 cm³/mol. The number of nitrogens with one attached hydrogen (secondary N) is 1. The van der Waals surface area contributed by atoms with Crippen molar-refractivity contribution in [1.29, 1.82) is 0 Å². The summed E-state index contributed by atoms with van der Waals surface area (Å²) in [6, 6.07) is 5.76. The lowest BCUT2D eigenvalue weighted by Gasteiger charge is -2.47. The van der Waals surface area contributed by atoms with E-state index in [1.165, 1.54) is 0 Å². The summed E-state index contributed by atoms with van der Waals surface area (Å²) in [5.41, 5.74) is 1.94. The number of piperazine rings is 1. The van der Waals surface area contributed by atoms with Crippen molar-refractivity contribution in [2.75, 3.05) is 18.0 Å². The predicted octanol–water partition coefficient (Wildman–Crippen LogP) is 3.49. The Hall–Kier alpha value is -1.09. The Morgan fingerprint density at radius 2 is 2.16 bits per heavy atom. The highest BCUT2D eigenvalue weighted by Gasteiger charge is 2.34. The topological polar surface area (TPSA) is 15.3 Å². The van der Waals surface area contributed by atoms with Crippen LogP contribution in [0.3, 0.4) is 0 Å². The van der Waals surface area contributed by atoms with Gasteiger partial charge in [0.05, 0.1) is 5.69 Å². The summed E-state index contributed by atoms with van der Waals surface area (Å²) in [7, 11) is 0. The normalized spacial score (nSPS) is 27.6. The van der Waals surface area contributed by atoms with E-state index in [2.05, 4.69) is 31.0 Å². The van der Waals surface area contributed by atoms with Crippen LogP contribution in [0.2, 0.25) is 0 Å². The first-order valence-electron chi connectivity index (χ1n) is 7.27. The quantitative estimate of drug-likeness (QED) is 0.899. The van der Waals surface area contributed by atoms with Crippen LogP contribution >= 0.6 is 0 Å². The number of anilines is 1. The molecule has 1 aromatic rings. The molecule has 0 saturated carbocycles. The van der Waals surface area contributed by atoms with Gasteiger partial charge in [0.15, 0.2) is 0 Å². The van der Waals surface area contributed by atoms with Gasteiger partial charge in [0, 0.05) is 24.7 Å². The van der Waals surface area contributed by atoms with Gasteiger partial charge < -0.3 is 10.2 Å². The lowest BCUT2D eigenvalue weighted by molar-refractivity contribution is 0.274. The summed E-state index contributed by atoms with van der Waals surface area (Å²) in [4.78, 5) is 2.25. The molecular weight excluding hydrogens is 239 g/mol. The fraction of sp³-hybridized carbons (Fsp3) is 0.625. The molecule has 2 nitrogen and oxygen atoms in total. The van der Waals surface area contributed by atoms with Crippen molar-refractivity contribution in [3.8, 4) is 0 Å². The molecule has 1 aromatic carbocycles. The van der Waals surface area contributed by atoms with Crippen LogP contribution in [-0.2, 0) is 0 Å². The van der Waals surface area contributed by atoms with Crippen LogP contribution in [0.5, 0.6) is 0 Å². The van der Waals surface area contributed by atoms with Gasteiger partial charge in [0.25, 0.3) is 0 Å². The number of halogens is 1. The molecule has 106 valence electrons. The molecule has 2 unspecified atom stereocenters. The number of hydrogen-bond acceptors (Lipinski definition) is 2. The number of hydrogen-bond donors (Lipinski definition) is 1. The van der Waals surface area contributed by atoms with Crippen LogP contribution in [0.25, 0.3) is 0 Å². The SMILES string of the molecule is CCC1CNC(C)(CC)CN1c1cc(C)ccc1F. The number of benzene rings is 1. The molecule has 0 radical (unpaired) electrons. The van der Waals surface area contributed by atoms with Gasteiger partial charge in [0.2, 0.25) is 0 Å². The monoisotopic (exact) mass is 264 g/mol. The van der Waals surface area contributed by atoms with Crippen LogP contribution in [-0.4, -0.2) is 24.7 Å². The van der Waals surface area contributed by atoms with Crippen LogP contribution in [0, 0.1) is 12.7 Å². The maximum atomic E-state index is 14.2. The van der Waals surface area contributed by atoms with Crippen molar-refractivity contribution in [2.45, 2.75) is 52.1 Å². The highest BCUT2D eigenvalue weighted by Crippen LogP contribution is 2.29. The number of nitrogens with zero attached hydrogens (tertiary/aromatic N) is 1. The Morgan fingerprint density at radius 3 is 2.79 bits per heavy atom. The molecule has 1 saturated heterocycles. The maximum absolute atomic E-state index is 14.2. The van der Waals surface area contributed by atoms with E-state index in [1.807, 2.05) is 19.1 Å². The fourth-order valence-corrected chi connectivity index (χ4v) is 2.76. The van der Waals surface area contributed by atoms with E-state index in [0.717, 1.165) is 37.2 Å². The van der Waals surface area contributed by atoms with Crippen LogP contribution in [0.1, 0.15) is 39.2 Å². The molecule has 0 aromatic heterocycles. The van der Waals surface area contributed by atoms with E-state index < -0.39 is 0 Å². The molecule has 1 heterocycles. The van der Waals surface area contributed by atoms with Crippen molar-refractivity contribution in [2.24, 2.45) is 0 Å². The maximum Gasteiger partial charge on any atom is 0.146 e. The van der Waals surface area contributed by atoms with Crippen LogP contribution < -0.4 is 10.2 Å². The Balaban J connectivity index is 2.35. The van der Waals surface area contributed by atoms with Crippen molar-refractivity contribution in [3.05, 3.63) is 29.6 Å². The Labute approximate surface area is 116 Å². The Kier molecular flexibility index (Phi) is 4.14. The molecule has 3 heteroatoms. The van der Waals surface area contributed by atoms with E-state index in [-0.39, 0.29) is 11.4 Å². The lowest BCUT2D eigenvalue weighted by Crippen LogP contribution is -2.63. The van der Waals surface area contributed by atoms with Gasteiger partial charge >= 0.3 is 0 Å². The standard InChI is InChI=1S/C16H25FN2/c1-5-13-10-18-16(4,6-2)11-19(13)15-9-12(3)7-8-14(15)17/h7-9,13,18H,5-6,10-11H2,1-4H3. The highest BCUT2D eigenvalue weighted by molar-refractivity contribution is 5.52. The molecule has 19 heavy (non-hydrogen) atoms. The lowest BCUT2D eigenvalue weighted by atomic mass is 9.92. The third-order valence-corrected chi connectivity index (χ3v) is 4.39. The van der Waals surface area contributed by atoms with E-state index >= 15 is 0 Å². The first-order valence-corrected chi connectivity index (χ1v) is 7.27. The summed E-state index contributed by atoms with van der Waals surface area (Å²) >= 11 is 0. The molecule has 1 fully saturated rings. The van der Waals surface area contributed by atoms with E-state index in [9.17, 15) is 4.39 Å². The molecule has 0 aliphatic carbocycles. The Morgan fingerprint density at radius 1 is 1.42 bits per heavy atom. The number of rotatable bonds is 3. The van der Waals surface area contributed by atoms with Gasteiger partial charge in [-0.05, 0) is 44.4 Å². The molecule has 0 amide bonds. The van der Waals surface area contributed by atoms with Crippen molar-refractivity contribution < 1.29 is 4.39 Å². The third kappa shape index (κ3) is 2.92. The van der Waals surface area contributed by atoms with E-state index in [4.69, 9.17) is 0 Å². The van der Waals surface area contributed by atoms with Gasteiger partial charge in [-0.25, -0.2) is 4.39 Å². The molecule has 1 N–H and O–H groups in total. The van der Waals surface area contributed by atoms with Gasteiger partial charge in [-0.15, -0.1) is 0 Å². The van der Waals surface area contributed by atoms with Crippen molar-refractivity contribution >= 4 is 5.69 Å². The zero-order chi connectivity index (χ0) is 14.0. The van der Waals surface area contributed by atoms with Crippen LogP contribution in [0.15, 0.2) is 18.2 Å². The zero-order valence-corrected chi connectivity index (χ0v) is 12.5. The average molecular weight is 264 g/mol. The first-order chi connectivity index (χ1) is 8.99. The second-order valence-electron chi connectivity index (χ2n) is 5.94. The largest absolute Gasteiger partial charge is 0.363 e. The molecular formula is C16H25FN2. The molecule has 2 rings (SSSR count). The number of aryl methyl sites for hydroxylation is 1.